The molecule has 0 saturated heterocycles. The Hall–Kier alpha value is -2.64. The molecule has 0 radical (unpaired) electrons. The number of aliphatic carboxylic acids is 1. The van der Waals surface area contributed by atoms with Crippen molar-refractivity contribution in [2.45, 2.75) is 39.2 Å². The Morgan fingerprint density at radius 1 is 1.48 bits per heavy atom. The average Bonchev–Trinajstić information content (AvgIpc) is 2.84. The lowest BCUT2D eigenvalue weighted by atomic mass is 10.1. The van der Waals surface area contributed by atoms with Crippen molar-refractivity contribution < 1.29 is 19.1 Å². The SMILES string of the molecule is CCCCC(NC(=O)c1c(C)oc2ncn(C)c(=O)c12)C(=O)O. The van der Waals surface area contributed by atoms with Crippen LogP contribution in [0.25, 0.3) is 11.1 Å². The molecule has 8 heteroatoms. The lowest BCUT2D eigenvalue weighted by Crippen LogP contribution is -2.41. The lowest BCUT2D eigenvalue weighted by molar-refractivity contribution is -0.139. The van der Waals surface area contributed by atoms with Crippen molar-refractivity contribution in [3.05, 3.63) is 28.0 Å². The number of aryl methyl sites for hydroxylation is 2. The minimum absolute atomic E-state index is 0.0384. The van der Waals surface area contributed by atoms with Crippen LogP contribution in [0.3, 0.4) is 0 Å². The first kappa shape index (κ1) is 16.7. The van der Waals surface area contributed by atoms with Crippen molar-refractivity contribution in [1.82, 2.24) is 14.9 Å². The van der Waals surface area contributed by atoms with Crippen LogP contribution < -0.4 is 10.9 Å². The number of unbranched alkanes of at least 4 members (excludes halogenated alkanes) is 1. The number of carboxylic acid groups (broad SMARTS) is 1. The molecule has 0 bridgehead atoms. The van der Waals surface area contributed by atoms with Crippen LogP contribution in [0.4, 0.5) is 0 Å². The van der Waals surface area contributed by atoms with Crippen LogP contribution in [0.2, 0.25) is 0 Å². The van der Waals surface area contributed by atoms with Gasteiger partial charge >= 0.3 is 5.97 Å². The number of hydrogen-bond acceptors (Lipinski definition) is 5. The summed E-state index contributed by atoms with van der Waals surface area (Å²) in [6.45, 7) is 3.47. The van der Waals surface area contributed by atoms with Gasteiger partial charge in [0.15, 0.2) is 0 Å². The molecule has 0 fully saturated rings. The highest BCUT2D eigenvalue weighted by Gasteiger charge is 2.26. The number of carbonyl (C=O) groups is 2. The van der Waals surface area contributed by atoms with Crippen LogP contribution in [-0.4, -0.2) is 32.6 Å². The predicted octanol–water partition coefficient (Wildman–Crippen LogP) is 1.21. The number of aromatic nitrogens is 2. The summed E-state index contributed by atoms with van der Waals surface area (Å²) in [6, 6.07) is -1.01. The molecule has 1 atom stereocenters. The number of amides is 1. The third-order valence-electron chi connectivity index (χ3n) is 3.62. The van der Waals surface area contributed by atoms with Crippen molar-refractivity contribution in [3.63, 3.8) is 0 Å². The van der Waals surface area contributed by atoms with Crippen LogP contribution in [0.15, 0.2) is 15.5 Å². The van der Waals surface area contributed by atoms with Gasteiger partial charge in [0.2, 0.25) is 5.71 Å². The second-order valence-corrected chi connectivity index (χ2v) is 5.38. The summed E-state index contributed by atoms with van der Waals surface area (Å²) in [7, 11) is 1.51. The average molecular weight is 321 g/mol. The van der Waals surface area contributed by atoms with E-state index in [-0.39, 0.29) is 22.4 Å². The van der Waals surface area contributed by atoms with Gasteiger partial charge in [0.25, 0.3) is 11.5 Å². The van der Waals surface area contributed by atoms with Gasteiger partial charge in [-0.25, -0.2) is 9.78 Å². The van der Waals surface area contributed by atoms with Crippen molar-refractivity contribution in [2.24, 2.45) is 7.05 Å². The monoisotopic (exact) mass is 321 g/mol. The molecule has 0 saturated carbocycles. The number of hydrogen-bond donors (Lipinski definition) is 2. The minimum Gasteiger partial charge on any atom is -0.480 e. The van der Waals surface area contributed by atoms with Gasteiger partial charge in [0.05, 0.1) is 5.56 Å². The first-order chi connectivity index (χ1) is 10.9. The number of rotatable bonds is 6. The van der Waals surface area contributed by atoms with E-state index in [1.165, 1.54) is 24.9 Å². The van der Waals surface area contributed by atoms with Crippen molar-refractivity contribution in [1.29, 1.82) is 0 Å². The molecular weight excluding hydrogens is 302 g/mol. The molecule has 8 nitrogen and oxygen atoms in total. The maximum Gasteiger partial charge on any atom is 0.326 e. The Bertz CT molecular complexity index is 805. The molecule has 0 aliphatic rings. The number of fused-ring (bicyclic) bond motifs is 1. The fraction of sp³-hybridized carbons (Fsp3) is 0.467. The zero-order valence-corrected chi connectivity index (χ0v) is 13.3. The predicted molar refractivity (Wildman–Crippen MR) is 82.4 cm³/mol. The van der Waals surface area contributed by atoms with Gasteiger partial charge < -0.3 is 19.4 Å². The molecule has 124 valence electrons. The van der Waals surface area contributed by atoms with E-state index < -0.39 is 23.5 Å². The van der Waals surface area contributed by atoms with E-state index in [2.05, 4.69) is 10.3 Å². The first-order valence-electron chi connectivity index (χ1n) is 7.35. The molecule has 2 N–H and O–H groups in total. The molecule has 0 aromatic carbocycles. The summed E-state index contributed by atoms with van der Waals surface area (Å²) in [4.78, 5) is 39.9. The molecule has 1 amide bonds. The Kier molecular flexibility index (Phi) is 4.83. The van der Waals surface area contributed by atoms with Gasteiger partial charge in [0, 0.05) is 7.05 Å². The van der Waals surface area contributed by atoms with E-state index in [4.69, 9.17) is 4.42 Å². The molecule has 2 aromatic rings. The van der Waals surface area contributed by atoms with Crippen molar-refractivity contribution >= 4 is 23.0 Å². The number of carbonyl (C=O) groups excluding carboxylic acids is 1. The molecular formula is C15H19N3O5. The maximum absolute atomic E-state index is 12.5. The van der Waals surface area contributed by atoms with Gasteiger partial charge in [-0.3, -0.25) is 9.59 Å². The number of nitrogens with zero attached hydrogens (tertiary/aromatic N) is 2. The minimum atomic E-state index is -1.11. The fourth-order valence-corrected chi connectivity index (χ4v) is 2.36. The lowest BCUT2D eigenvalue weighted by Gasteiger charge is -2.13. The van der Waals surface area contributed by atoms with Crippen LogP contribution in [-0.2, 0) is 11.8 Å². The summed E-state index contributed by atoms with van der Waals surface area (Å²) in [5.74, 6) is -1.52. The molecule has 23 heavy (non-hydrogen) atoms. The molecule has 2 rings (SSSR count). The molecule has 1 unspecified atom stereocenters. The maximum atomic E-state index is 12.5. The second kappa shape index (κ2) is 6.64. The van der Waals surface area contributed by atoms with E-state index in [1.807, 2.05) is 6.92 Å². The molecule has 0 aliphatic heterocycles. The third kappa shape index (κ3) is 3.25. The molecule has 2 heterocycles. The van der Waals surface area contributed by atoms with Crippen molar-refractivity contribution in [2.75, 3.05) is 0 Å². The Morgan fingerprint density at radius 3 is 2.78 bits per heavy atom. The van der Waals surface area contributed by atoms with Crippen molar-refractivity contribution in [3.8, 4) is 0 Å². The van der Waals surface area contributed by atoms with Crippen LogP contribution in [0.1, 0.15) is 42.3 Å². The van der Waals surface area contributed by atoms with Gasteiger partial charge in [0.1, 0.15) is 23.5 Å². The topological polar surface area (TPSA) is 114 Å². The summed E-state index contributed by atoms with van der Waals surface area (Å²) < 4.78 is 6.58. The number of furan rings is 1. The zero-order valence-electron chi connectivity index (χ0n) is 13.3. The number of nitrogens with one attached hydrogen (secondary N) is 1. The van der Waals surface area contributed by atoms with E-state index in [0.717, 1.165) is 6.42 Å². The quantitative estimate of drug-likeness (QED) is 0.826. The summed E-state index contributed by atoms with van der Waals surface area (Å²) >= 11 is 0. The Balaban J connectivity index is 2.41. The van der Waals surface area contributed by atoms with E-state index in [0.29, 0.717) is 12.8 Å². The standard InChI is InChI=1S/C15H19N3O5/c1-4-5-6-9(15(21)22)17-12(19)10-8(2)23-13-11(10)14(20)18(3)7-16-13/h7,9H,4-6H2,1-3H3,(H,17,19)(H,21,22). The van der Waals surface area contributed by atoms with Crippen LogP contribution >= 0.6 is 0 Å². The number of carboxylic acids is 1. The van der Waals surface area contributed by atoms with Gasteiger partial charge in [-0.2, -0.15) is 0 Å². The van der Waals surface area contributed by atoms with Crippen LogP contribution in [0.5, 0.6) is 0 Å². The van der Waals surface area contributed by atoms with Gasteiger partial charge in [-0.05, 0) is 13.3 Å². The van der Waals surface area contributed by atoms with E-state index >= 15 is 0 Å². The first-order valence-corrected chi connectivity index (χ1v) is 7.35. The summed E-state index contributed by atoms with van der Waals surface area (Å²) in [6.07, 6.45) is 3.11. The normalized spacial score (nSPS) is 12.3. The highest BCUT2D eigenvalue weighted by atomic mass is 16.4. The molecule has 0 spiro atoms. The smallest absolute Gasteiger partial charge is 0.326 e. The van der Waals surface area contributed by atoms with Gasteiger partial charge in [-0.15, -0.1) is 0 Å². The molecule has 0 aliphatic carbocycles. The van der Waals surface area contributed by atoms with E-state index in [1.54, 1.807) is 0 Å². The fourth-order valence-electron chi connectivity index (χ4n) is 2.36. The summed E-state index contributed by atoms with van der Waals surface area (Å²) in [5.41, 5.74) is -0.315. The Labute approximate surface area is 132 Å². The van der Waals surface area contributed by atoms with E-state index in [9.17, 15) is 19.5 Å². The Morgan fingerprint density at radius 2 is 2.17 bits per heavy atom. The zero-order chi connectivity index (χ0) is 17.1. The van der Waals surface area contributed by atoms with Gasteiger partial charge in [-0.1, -0.05) is 19.8 Å². The summed E-state index contributed by atoms with van der Waals surface area (Å²) in [5, 5.41) is 11.7. The third-order valence-corrected chi connectivity index (χ3v) is 3.62. The second-order valence-electron chi connectivity index (χ2n) is 5.38. The molecule has 2 aromatic heterocycles. The largest absolute Gasteiger partial charge is 0.480 e. The van der Waals surface area contributed by atoms with Crippen LogP contribution in [0, 0.1) is 6.92 Å². The highest BCUT2D eigenvalue weighted by Crippen LogP contribution is 2.21. The highest BCUT2D eigenvalue weighted by molar-refractivity contribution is 6.07.